The molecule has 0 bridgehead atoms. The van der Waals surface area contributed by atoms with E-state index in [-0.39, 0.29) is 17.4 Å². The average molecular weight is 397 g/mol. The van der Waals surface area contributed by atoms with Gasteiger partial charge in [0.25, 0.3) is 0 Å². The van der Waals surface area contributed by atoms with Gasteiger partial charge in [-0.2, -0.15) is 5.26 Å². The van der Waals surface area contributed by atoms with E-state index in [2.05, 4.69) is 29.7 Å². The molecule has 0 aliphatic carbocycles. The molecule has 29 heavy (non-hydrogen) atoms. The number of hydrogen-bond acceptors (Lipinski definition) is 5. The molecule has 1 aromatic rings. The van der Waals surface area contributed by atoms with Gasteiger partial charge in [-0.1, -0.05) is 13.8 Å². The number of pyridine rings is 1. The Morgan fingerprint density at radius 3 is 2.76 bits per heavy atom. The van der Waals surface area contributed by atoms with E-state index in [4.69, 9.17) is 9.72 Å². The highest BCUT2D eigenvalue weighted by Gasteiger charge is 2.42. The lowest BCUT2D eigenvalue weighted by molar-refractivity contribution is -0.140. The fraction of sp³-hybridized carbons (Fsp3) is 0.696. The van der Waals surface area contributed by atoms with E-state index in [0.717, 1.165) is 76.4 Å². The highest BCUT2D eigenvalue weighted by Crippen LogP contribution is 2.41. The molecule has 0 saturated carbocycles. The van der Waals surface area contributed by atoms with Crippen molar-refractivity contribution in [1.82, 2.24) is 9.88 Å². The number of ether oxygens (including phenoxy) is 1. The molecule has 0 N–H and O–H groups in total. The van der Waals surface area contributed by atoms with Crippen LogP contribution in [-0.4, -0.2) is 54.7 Å². The van der Waals surface area contributed by atoms with E-state index < -0.39 is 0 Å². The van der Waals surface area contributed by atoms with Gasteiger partial charge in [-0.3, -0.25) is 4.79 Å². The molecule has 1 atom stereocenters. The molecule has 4 rings (SSSR count). The van der Waals surface area contributed by atoms with Crippen LogP contribution in [0.2, 0.25) is 0 Å². The number of likely N-dealkylation sites (tertiary alicyclic amines) is 1. The summed E-state index contributed by atoms with van der Waals surface area (Å²) < 4.78 is 5.77. The molecule has 3 saturated heterocycles. The van der Waals surface area contributed by atoms with Gasteiger partial charge in [0.2, 0.25) is 5.91 Å². The van der Waals surface area contributed by atoms with Crippen molar-refractivity contribution in [2.24, 2.45) is 5.41 Å². The number of carbonyl (C=O) groups is 1. The van der Waals surface area contributed by atoms with Crippen molar-refractivity contribution in [3.05, 3.63) is 23.4 Å². The number of nitriles is 1. The van der Waals surface area contributed by atoms with Crippen LogP contribution < -0.4 is 4.90 Å². The molecule has 3 aliphatic heterocycles. The van der Waals surface area contributed by atoms with Crippen LogP contribution in [0.15, 0.2) is 12.1 Å². The van der Waals surface area contributed by atoms with E-state index in [1.54, 1.807) is 0 Å². The van der Waals surface area contributed by atoms with E-state index in [9.17, 15) is 10.1 Å². The van der Waals surface area contributed by atoms with E-state index in [0.29, 0.717) is 17.9 Å². The molecule has 3 fully saturated rings. The van der Waals surface area contributed by atoms with E-state index >= 15 is 0 Å². The molecule has 1 amide bonds. The molecule has 1 spiro atoms. The summed E-state index contributed by atoms with van der Waals surface area (Å²) in [6.07, 6.45) is 6.11. The third-order valence-electron chi connectivity index (χ3n) is 6.93. The number of anilines is 1. The van der Waals surface area contributed by atoms with Crippen LogP contribution in [0.5, 0.6) is 0 Å². The van der Waals surface area contributed by atoms with Crippen LogP contribution in [0, 0.1) is 16.7 Å². The minimum Gasteiger partial charge on any atom is -0.376 e. The molecule has 156 valence electrons. The standard InChI is InChI=1S/C23H32N4O2/c1-17(2)20-6-5-18(14-24)22(25-20)26-11-9-23(10-12-26)8-7-21(28)27(16-23)15-19-4-3-13-29-19/h5-6,17,19H,3-4,7-13,15-16H2,1-2H3/t19-/m1/s1. The average Bonchev–Trinajstić information content (AvgIpc) is 3.24. The summed E-state index contributed by atoms with van der Waals surface area (Å²) in [6, 6.07) is 6.19. The molecule has 3 aliphatic rings. The maximum absolute atomic E-state index is 12.5. The first kappa shape index (κ1) is 20.2. The lowest BCUT2D eigenvalue weighted by atomic mass is 9.72. The van der Waals surface area contributed by atoms with Crippen LogP contribution in [0.25, 0.3) is 0 Å². The van der Waals surface area contributed by atoms with Crippen molar-refractivity contribution in [2.45, 2.75) is 64.4 Å². The smallest absolute Gasteiger partial charge is 0.222 e. The number of amides is 1. The van der Waals surface area contributed by atoms with Crippen molar-refractivity contribution < 1.29 is 9.53 Å². The molecule has 6 heteroatoms. The van der Waals surface area contributed by atoms with Gasteiger partial charge in [0, 0.05) is 44.9 Å². The van der Waals surface area contributed by atoms with Gasteiger partial charge in [-0.05, 0) is 55.6 Å². The maximum Gasteiger partial charge on any atom is 0.222 e. The lowest BCUT2D eigenvalue weighted by Gasteiger charge is -2.48. The Hall–Kier alpha value is -2.13. The quantitative estimate of drug-likeness (QED) is 0.779. The van der Waals surface area contributed by atoms with Gasteiger partial charge in [-0.25, -0.2) is 4.98 Å². The topological polar surface area (TPSA) is 69.5 Å². The minimum atomic E-state index is 0.200. The van der Waals surface area contributed by atoms with E-state index in [1.165, 1.54) is 0 Å². The zero-order chi connectivity index (χ0) is 20.4. The van der Waals surface area contributed by atoms with Gasteiger partial charge in [0.1, 0.15) is 11.9 Å². The predicted octanol–water partition coefficient (Wildman–Crippen LogP) is 3.46. The second kappa shape index (κ2) is 8.31. The van der Waals surface area contributed by atoms with Crippen molar-refractivity contribution in [1.29, 1.82) is 5.26 Å². The largest absolute Gasteiger partial charge is 0.376 e. The third kappa shape index (κ3) is 4.25. The fourth-order valence-corrected chi connectivity index (χ4v) is 5.02. The summed E-state index contributed by atoms with van der Waals surface area (Å²) in [6.45, 7) is 8.48. The number of carbonyl (C=O) groups excluding carboxylic acids is 1. The summed E-state index contributed by atoms with van der Waals surface area (Å²) in [5.74, 6) is 1.46. The van der Waals surface area contributed by atoms with Crippen molar-refractivity contribution in [3.8, 4) is 6.07 Å². The Bertz CT molecular complexity index is 787. The second-order valence-corrected chi connectivity index (χ2v) is 9.27. The van der Waals surface area contributed by atoms with Crippen molar-refractivity contribution in [3.63, 3.8) is 0 Å². The van der Waals surface area contributed by atoms with Gasteiger partial charge in [0.15, 0.2) is 0 Å². The molecular weight excluding hydrogens is 364 g/mol. The Morgan fingerprint density at radius 1 is 1.31 bits per heavy atom. The molecule has 6 nitrogen and oxygen atoms in total. The first-order valence-electron chi connectivity index (χ1n) is 11.0. The van der Waals surface area contributed by atoms with Gasteiger partial charge < -0.3 is 14.5 Å². The summed E-state index contributed by atoms with van der Waals surface area (Å²) in [4.78, 5) is 21.6. The summed E-state index contributed by atoms with van der Waals surface area (Å²) in [5.41, 5.74) is 1.89. The number of piperidine rings is 2. The second-order valence-electron chi connectivity index (χ2n) is 9.27. The van der Waals surface area contributed by atoms with Crippen LogP contribution in [0.3, 0.4) is 0 Å². The highest BCUT2D eigenvalue weighted by atomic mass is 16.5. The number of rotatable bonds is 4. The molecule has 4 heterocycles. The molecule has 0 aromatic carbocycles. The number of aromatic nitrogens is 1. The molecule has 0 unspecified atom stereocenters. The fourth-order valence-electron chi connectivity index (χ4n) is 5.02. The van der Waals surface area contributed by atoms with E-state index in [1.807, 2.05) is 12.1 Å². The Kier molecular flexibility index (Phi) is 5.78. The van der Waals surface area contributed by atoms with Gasteiger partial charge in [0.05, 0.1) is 11.7 Å². The number of hydrogen-bond donors (Lipinski definition) is 0. The van der Waals surface area contributed by atoms with Crippen LogP contribution >= 0.6 is 0 Å². The number of nitrogens with zero attached hydrogens (tertiary/aromatic N) is 4. The normalized spacial score (nSPS) is 24.3. The first-order chi connectivity index (χ1) is 14.0. The highest BCUT2D eigenvalue weighted by molar-refractivity contribution is 5.77. The van der Waals surface area contributed by atoms with Crippen molar-refractivity contribution >= 4 is 11.7 Å². The molecule has 1 aromatic heterocycles. The summed E-state index contributed by atoms with van der Waals surface area (Å²) >= 11 is 0. The SMILES string of the molecule is CC(C)c1ccc(C#N)c(N2CCC3(CCC(=O)N(C[C@H]4CCCO4)C3)CC2)n1. The van der Waals surface area contributed by atoms with Crippen LogP contribution in [0.1, 0.15) is 69.5 Å². The van der Waals surface area contributed by atoms with Gasteiger partial charge >= 0.3 is 0 Å². The molecular formula is C23H32N4O2. The zero-order valence-corrected chi connectivity index (χ0v) is 17.7. The van der Waals surface area contributed by atoms with Crippen molar-refractivity contribution in [2.75, 3.05) is 37.7 Å². The summed E-state index contributed by atoms with van der Waals surface area (Å²) in [7, 11) is 0. The van der Waals surface area contributed by atoms with Gasteiger partial charge in [-0.15, -0.1) is 0 Å². The molecule has 0 radical (unpaired) electrons. The Labute approximate surface area is 173 Å². The third-order valence-corrected chi connectivity index (χ3v) is 6.93. The van der Waals surface area contributed by atoms with Crippen LogP contribution in [-0.2, 0) is 9.53 Å². The summed E-state index contributed by atoms with van der Waals surface area (Å²) in [5, 5.41) is 9.55. The maximum atomic E-state index is 12.5. The zero-order valence-electron chi connectivity index (χ0n) is 17.7. The van der Waals surface area contributed by atoms with Crippen LogP contribution in [0.4, 0.5) is 5.82 Å². The lowest BCUT2D eigenvalue weighted by Crippen LogP contribution is -2.53. The predicted molar refractivity (Wildman–Crippen MR) is 112 cm³/mol. The Morgan fingerprint density at radius 2 is 2.10 bits per heavy atom. The first-order valence-corrected chi connectivity index (χ1v) is 11.0. The Balaban J connectivity index is 1.44. The monoisotopic (exact) mass is 396 g/mol. The minimum absolute atomic E-state index is 0.200.